The molecule has 1 atom stereocenters. The maximum absolute atomic E-state index is 5.94. The molecular formula is C16H22ClN3S. The minimum atomic E-state index is 0.334. The minimum Gasteiger partial charge on any atom is -0.311 e. The van der Waals surface area contributed by atoms with Gasteiger partial charge in [-0.1, -0.05) is 30.7 Å². The van der Waals surface area contributed by atoms with Crippen molar-refractivity contribution >= 4 is 22.9 Å². The first kappa shape index (κ1) is 16.4. The summed E-state index contributed by atoms with van der Waals surface area (Å²) in [5, 5.41) is 7.39. The average molecular weight is 324 g/mol. The van der Waals surface area contributed by atoms with Crippen molar-refractivity contribution in [1.82, 2.24) is 15.2 Å². The second-order valence-electron chi connectivity index (χ2n) is 5.16. The fourth-order valence-electron chi connectivity index (χ4n) is 2.12. The third kappa shape index (κ3) is 4.78. The first-order valence-electron chi connectivity index (χ1n) is 7.20. The Balaban J connectivity index is 1.95. The summed E-state index contributed by atoms with van der Waals surface area (Å²) in [6.45, 7) is 7.00. The molecule has 0 aliphatic rings. The highest BCUT2D eigenvalue weighted by Gasteiger charge is 2.13. The third-order valence-corrected chi connectivity index (χ3v) is 4.70. The van der Waals surface area contributed by atoms with Gasteiger partial charge in [0.15, 0.2) is 0 Å². The topological polar surface area (TPSA) is 28.2 Å². The van der Waals surface area contributed by atoms with E-state index in [4.69, 9.17) is 11.6 Å². The van der Waals surface area contributed by atoms with Gasteiger partial charge < -0.3 is 5.32 Å². The van der Waals surface area contributed by atoms with E-state index < -0.39 is 0 Å². The van der Waals surface area contributed by atoms with Gasteiger partial charge in [-0.15, -0.1) is 11.3 Å². The predicted molar refractivity (Wildman–Crippen MR) is 90.8 cm³/mol. The minimum absolute atomic E-state index is 0.334. The average Bonchev–Trinajstić information content (AvgIpc) is 2.92. The van der Waals surface area contributed by atoms with Crippen LogP contribution in [0.1, 0.15) is 36.2 Å². The molecule has 0 bridgehead atoms. The SMILES string of the molecule is CCNCc1nc(CN(C)C(C)c2ccc(Cl)cc2)cs1. The molecule has 2 rings (SSSR count). The number of hydrogen-bond acceptors (Lipinski definition) is 4. The zero-order chi connectivity index (χ0) is 15.2. The molecule has 0 aliphatic carbocycles. The summed E-state index contributed by atoms with van der Waals surface area (Å²) >= 11 is 7.67. The molecule has 0 saturated heterocycles. The first-order chi connectivity index (χ1) is 10.1. The van der Waals surface area contributed by atoms with Gasteiger partial charge in [-0.05, 0) is 38.2 Å². The van der Waals surface area contributed by atoms with Crippen LogP contribution in [0.5, 0.6) is 0 Å². The van der Waals surface area contributed by atoms with Gasteiger partial charge in [-0.25, -0.2) is 4.98 Å². The van der Waals surface area contributed by atoms with Crippen molar-refractivity contribution in [3.63, 3.8) is 0 Å². The molecule has 3 nitrogen and oxygen atoms in total. The van der Waals surface area contributed by atoms with E-state index in [9.17, 15) is 0 Å². The maximum Gasteiger partial charge on any atom is 0.107 e. The zero-order valence-electron chi connectivity index (χ0n) is 12.8. The number of hydrogen-bond donors (Lipinski definition) is 1. The number of halogens is 1. The highest BCUT2D eigenvalue weighted by atomic mass is 35.5. The summed E-state index contributed by atoms with van der Waals surface area (Å²) in [7, 11) is 2.13. The summed E-state index contributed by atoms with van der Waals surface area (Å²) in [5.41, 5.74) is 2.40. The van der Waals surface area contributed by atoms with Crippen LogP contribution in [-0.2, 0) is 13.1 Å². The lowest BCUT2D eigenvalue weighted by atomic mass is 10.1. The Morgan fingerprint density at radius 3 is 2.71 bits per heavy atom. The molecule has 1 aromatic carbocycles. The second kappa shape index (κ2) is 7.90. The van der Waals surface area contributed by atoms with Gasteiger partial charge in [0, 0.05) is 29.5 Å². The maximum atomic E-state index is 5.94. The van der Waals surface area contributed by atoms with Crippen molar-refractivity contribution in [3.8, 4) is 0 Å². The van der Waals surface area contributed by atoms with Gasteiger partial charge in [-0.2, -0.15) is 0 Å². The highest BCUT2D eigenvalue weighted by Crippen LogP contribution is 2.22. The van der Waals surface area contributed by atoms with Crippen LogP contribution >= 0.6 is 22.9 Å². The molecule has 0 amide bonds. The van der Waals surface area contributed by atoms with Crippen LogP contribution in [-0.4, -0.2) is 23.5 Å². The molecule has 2 aromatic rings. The molecule has 5 heteroatoms. The van der Waals surface area contributed by atoms with Crippen LogP contribution in [0.25, 0.3) is 0 Å². The van der Waals surface area contributed by atoms with E-state index in [0.717, 1.165) is 35.4 Å². The van der Waals surface area contributed by atoms with Crippen LogP contribution in [0.2, 0.25) is 5.02 Å². The van der Waals surface area contributed by atoms with Gasteiger partial charge in [0.25, 0.3) is 0 Å². The smallest absolute Gasteiger partial charge is 0.107 e. The van der Waals surface area contributed by atoms with Crippen LogP contribution in [0.4, 0.5) is 0 Å². The molecule has 1 aromatic heterocycles. The molecule has 114 valence electrons. The summed E-state index contributed by atoms with van der Waals surface area (Å²) in [6.07, 6.45) is 0. The summed E-state index contributed by atoms with van der Waals surface area (Å²) in [4.78, 5) is 6.97. The van der Waals surface area contributed by atoms with Crippen molar-refractivity contribution in [2.45, 2.75) is 33.0 Å². The first-order valence-corrected chi connectivity index (χ1v) is 8.45. The largest absolute Gasteiger partial charge is 0.311 e. The molecule has 0 saturated carbocycles. The normalized spacial score (nSPS) is 12.8. The van der Waals surface area contributed by atoms with E-state index in [0.29, 0.717) is 6.04 Å². The number of nitrogens with one attached hydrogen (secondary N) is 1. The Bertz CT molecular complexity index is 553. The lowest BCUT2D eigenvalue weighted by molar-refractivity contribution is 0.250. The number of nitrogens with zero attached hydrogens (tertiary/aromatic N) is 2. The second-order valence-corrected chi connectivity index (χ2v) is 6.53. The van der Waals surface area contributed by atoms with Gasteiger partial charge in [-0.3, -0.25) is 4.90 Å². The lowest BCUT2D eigenvalue weighted by Gasteiger charge is -2.24. The quantitative estimate of drug-likeness (QED) is 0.831. The molecule has 1 N–H and O–H groups in total. The Kier molecular flexibility index (Phi) is 6.18. The molecule has 0 radical (unpaired) electrons. The van der Waals surface area contributed by atoms with Gasteiger partial charge >= 0.3 is 0 Å². The van der Waals surface area contributed by atoms with Crippen molar-refractivity contribution in [2.24, 2.45) is 0 Å². The number of aromatic nitrogens is 1. The van der Waals surface area contributed by atoms with E-state index >= 15 is 0 Å². The third-order valence-electron chi connectivity index (χ3n) is 3.55. The molecule has 1 heterocycles. The molecular weight excluding hydrogens is 302 g/mol. The standard InChI is InChI=1S/C16H22ClN3S/c1-4-18-9-16-19-15(11-21-16)10-20(3)12(2)13-5-7-14(17)8-6-13/h5-8,11-12,18H,4,9-10H2,1-3H3. The van der Waals surface area contributed by atoms with E-state index in [-0.39, 0.29) is 0 Å². The molecule has 0 aliphatic heterocycles. The Morgan fingerprint density at radius 1 is 1.33 bits per heavy atom. The monoisotopic (exact) mass is 323 g/mol. The van der Waals surface area contributed by atoms with Gasteiger partial charge in [0.1, 0.15) is 5.01 Å². The number of thiazole rings is 1. The molecule has 21 heavy (non-hydrogen) atoms. The lowest BCUT2D eigenvalue weighted by Crippen LogP contribution is -2.22. The zero-order valence-corrected chi connectivity index (χ0v) is 14.3. The Morgan fingerprint density at radius 2 is 2.05 bits per heavy atom. The van der Waals surface area contributed by atoms with Crippen molar-refractivity contribution in [2.75, 3.05) is 13.6 Å². The number of rotatable bonds is 7. The fraction of sp³-hybridized carbons (Fsp3) is 0.438. The van der Waals surface area contributed by atoms with E-state index in [1.54, 1.807) is 11.3 Å². The summed E-state index contributed by atoms with van der Waals surface area (Å²) in [6, 6.07) is 8.39. The van der Waals surface area contributed by atoms with E-state index in [2.05, 4.69) is 53.6 Å². The van der Waals surface area contributed by atoms with Gasteiger partial charge in [0.2, 0.25) is 0 Å². The van der Waals surface area contributed by atoms with Crippen molar-refractivity contribution in [3.05, 3.63) is 50.9 Å². The van der Waals surface area contributed by atoms with Crippen LogP contribution < -0.4 is 5.32 Å². The van der Waals surface area contributed by atoms with E-state index in [1.807, 2.05) is 12.1 Å². The number of benzene rings is 1. The Labute approximate surface area is 136 Å². The van der Waals surface area contributed by atoms with Crippen LogP contribution in [0.15, 0.2) is 29.6 Å². The Hall–Kier alpha value is -0.940. The molecule has 1 unspecified atom stereocenters. The van der Waals surface area contributed by atoms with Crippen molar-refractivity contribution in [1.29, 1.82) is 0 Å². The van der Waals surface area contributed by atoms with Crippen LogP contribution in [0.3, 0.4) is 0 Å². The highest BCUT2D eigenvalue weighted by molar-refractivity contribution is 7.09. The van der Waals surface area contributed by atoms with Crippen LogP contribution in [0, 0.1) is 0 Å². The van der Waals surface area contributed by atoms with Crippen molar-refractivity contribution < 1.29 is 0 Å². The summed E-state index contributed by atoms with van der Waals surface area (Å²) < 4.78 is 0. The fourth-order valence-corrected chi connectivity index (χ4v) is 3.00. The predicted octanol–water partition coefficient (Wildman–Crippen LogP) is 4.10. The summed E-state index contributed by atoms with van der Waals surface area (Å²) in [5.74, 6) is 0. The van der Waals surface area contributed by atoms with Gasteiger partial charge in [0.05, 0.1) is 5.69 Å². The molecule has 0 spiro atoms. The molecule has 0 fully saturated rings. The van der Waals surface area contributed by atoms with E-state index in [1.165, 1.54) is 5.56 Å².